The molecule has 4 rings (SSSR count). The molecule has 1 aliphatic heterocycles. The van der Waals surface area contributed by atoms with Crippen LogP contribution < -0.4 is 0 Å². The normalized spacial score (nSPS) is 32.0. The summed E-state index contributed by atoms with van der Waals surface area (Å²) in [7, 11) is -0.00402. The van der Waals surface area contributed by atoms with Gasteiger partial charge >= 0.3 is 0 Å². The summed E-state index contributed by atoms with van der Waals surface area (Å²) in [5, 5.41) is 4.01. The van der Waals surface area contributed by atoms with Crippen molar-refractivity contribution in [1.29, 1.82) is 0 Å². The highest BCUT2D eigenvalue weighted by Gasteiger charge is 2.58. The third-order valence-electron chi connectivity index (χ3n) is 6.22. The summed E-state index contributed by atoms with van der Waals surface area (Å²) in [5.74, 6) is 0.272. The van der Waals surface area contributed by atoms with Crippen molar-refractivity contribution in [2.45, 2.75) is 30.3 Å². The van der Waals surface area contributed by atoms with Crippen molar-refractivity contribution in [2.24, 2.45) is 18.4 Å². The number of ether oxygens (including phenoxy) is 1. The van der Waals surface area contributed by atoms with Crippen LogP contribution >= 0.6 is 0 Å². The second-order valence-corrected chi connectivity index (χ2v) is 9.88. The van der Waals surface area contributed by atoms with Crippen molar-refractivity contribution in [3.8, 4) is 0 Å². The van der Waals surface area contributed by atoms with E-state index in [0.717, 1.165) is 12.8 Å². The zero-order chi connectivity index (χ0) is 18.6. The van der Waals surface area contributed by atoms with Gasteiger partial charge in [0.1, 0.15) is 4.90 Å². The van der Waals surface area contributed by atoms with Crippen molar-refractivity contribution in [1.82, 2.24) is 14.1 Å². The highest BCUT2D eigenvalue weighted by atomic mass is 32.2. The van der Waals surface area contributed by atoms with E-state index in [1.165, 1.54) is 16.4 Å². The fraction of sp³-hybridized carbons (Fsp3) is 0.526. The first-order valence-electron chi connectivity index (χ1n) is 8.89. The van der Waals surface area contributed by atoms with E-state index in [1.807, 2.05) is 18.2 Å². The summed E-state index contributed by atoms with van der Waals surface area (Å²) in [5.41, 5.74) is 0.756. The molecule has 3 atom stereocenters. The van der Waals surface area contributed by atoms with Crippen LogP contribution in [-0.2, 0) is 27.4 Å². The number of hydrogen-bond donors (Lipinski definition) is 0. The second kappa shape index (κ2) is 5.90. The van der Waals surface area contributed by atoms with Gasteiger partial charge in [-0.3, -0.25) is 4.68 Å². The van der Waals surface area contributed by atoms with E-state index in [2.05, 4.69) is 24.2 Å². The van der Waals surface area contributed by atoms with Crippen LogP contribution in [0.3, 0.4) is 0 Å². The number of nitrogens with zero attached hydrogens (tertiary/aromatic N) is 3. The summed E-state index contributed by atoms with van der Waals surface area (Å²) >= 11 is 0. The van der Waals surface area contributed by atoms with Gasteiger partial charge in [0.2, 0.25) is 10.0 Å². The largest absolute Gasteiger partial charge is 0.373 e. The third kappa shape index (κ3) is 2.61. The molecule has 6 nitrogen and oxygen atoms in total. The van der Waals surface area contributed by atoms with E-state index >= 15 is 0 Å². The van der Waals surface area contributed by atoms with Gasteiger partial charge in [0.05, 0.1) is 11.8 Å². The molecule has 0 spiro atoms. The maximum absolute atomic E-state index is 13.0. The van der Waals surface area contributed by atoms with Crippen LogP contribution in [0.5, 0.6) is 0 Å². The minimum Gasteiger partial charge on any atom is -0.373 e. The fourth-order valence-corrected chi connectivity index (χ4v) is 6.40. The SMILES string of the molecule is CO[C@]1(c2ccccc2)CC2CN(S(=O)(=O)c3cnn(C)c3)C[C@@]2(C)C1. The van der Waals surface area contributed by atoms with Crippen molar-refractivity contribution in [3.63, 3.8) is 0 Å². The summed E-state index contributed by atoms with van der Waals surface area (Å²) in [6, 6.07) is 10.3. The fourth-order valence-electron chi connectivity index (χ4n) is 4.80. The van der Waals surface area contributed by atoms with Crippen LogP contribution in [0.2, 0.25) is 0 Å². The molecule has 0 radical (unpaired) electrons. The Morgan fingerprint density at radius 2 is 2.00 bits per heavy atom. The molecule has 1 aromatic heterocycles. The zero-order valence-corrected chi connectivity index (χ0v) is 16.2. The average Bonchev–Trinajstić information content (AvgIpc) is 3.26. The van der Waals surface area contributed by atoms with Gasteiger partial charge in [0.25, 0.3) is 0 Å². The smallest absolute Gasteiger partial charge is 0.246 e. The van der Waals surface area contributed by atoms with E-state index in [9.17, 15) is 8.42 Å². The highest BCUT2D eigenvalue weighted by molar-refractivity contribution is 7.89. The van der Waals surface area contributed by atoms with E-state index < -0.39 is 10.0 Å². The predicted molar refractivity (Wildman–Crippen MR) is 97.9 cm³/mol. The average molecular weight is 375 g/mol. The molecule has 2 aromatic rings. The van der Waals surface area contributed by atoms with Crippen LogP contribution in [0.4, 0.5) is 0 Å². The molecule has 26 heavy (non-hydrogen) atoms. The molecule has 0 amide bonds. The van der Waals surface area contributed by atoms with Gasteiger partial charge < -0.3 is 4.74 Å². The lowest BCUT2D eigenvalue weighted by Gasteiger charge is -2.32. The number of fused-ring (bicyclic) bond motifs is 1. The molecule has 1 aromatic carbocycles. The first-order chi connectivity index (χ1) is 12.3. The number of aromatic nitrogens is 2. The molecular formula is C19H25N3O3S. The molecule has 1 saturated heterocycles. The Hall–Kier alpha value is -1.70. The predicted octanol–water partition coefficient (Wildman–Crippen LogP) is 2.38. The van der Waals surface area contributed by atoms with E-state index in [1.54, 1.807) is 24.7 Å². The molecule has 1 aliphatic carbocycles. The number of benzene rings is 1. The first-order valence-corrected chi connectivity index (χ1v) is 10.3. The standard InChI is InChI=1S/C19H25N3O3S/c1-18-13-19(25-3,15-7-5-4-6-8-15)9-16(18)11-22(14-18)26(23,24)17-10-20-21(2)12-17/h4-8,10,12,16H,9,11,13-14H2,1-3H3/t16?,18-,19-/m1/s1. The van der Waals surface area contributed by atoms with Crippen LogP contribution in [0, 0.1) is 11.3 Å². The Balaban J connectivity index is 1.60. The van der Waals surface area contributed by atoms with Gasteiger partial charge in [-0.15, -0.1) is 0 Å². The topological polar surface area (TPSA) is 64.4 Å². The van der Waals surface area contributed by atoms with E-state index in [4.69, 9.17) is 4.74 Å². The Morgan fingerprint density at radius 3 is 2.58 bits per heavy atom. The number of hydrogen-bond acceptors (Lipinski definition) is 4. The number of methoxy groups -OCH3 is 1. The monoisotopic (exact) mass is 375 g/mol. The van der Waals surface area contributed by atoms with Crippen molar-refractivity contribution < 1.29 is 13.2 Å². The van der Waals surface area contributed by atoms with Crippen molar-refractivity contribution >= 4 is 10.0 Å². The molecule has 1 unspecified atom stereocenters. The lowest BCUT2D eigenvalue weighted by Crippen LogP contribution is -2.35. The lowest BCUT2D eigenvalue weighted by atomic mass is 9.82. The van der Waals surface area contributed by atoms with Gasteiger partial charge in [-0.05, 0) is 29.7 Å². The van der Waals surface area contributed by atoms with Gasteiger partial charge in [-0.25, -0.2) is 8.42 Å². The summed E-state index contributed by atoms with van der Waals surface area (Å²) in [6.45, 7) is 3.25. The molecule has 0 bridgehead atoms. The van der Waals surface area contributed by atoms with Gasteiger partial charge in [0, 0.05) is 33.4 Å². The van der Waals surface area contributed by atoms with Gasteiger partial charge in [-0.2, -0.15) is 9.40 Å². The second-order valence-electron chi connectivity index (χ2n) is 7.94. The van der Waals surface area contributed by atoms with Crippen LogP contribution in [0.25, 0.3) is 0 Å². The Labute approximate surface area is 154 Å². The summed E-state index contributed by atoms with van der Waals surface area (Å²) in [4.78, 5) is 0.268. The molecule has 0 N–H and O–H groups in total. The first kappa shape index (κ1) is 17.7. The number of rotatable bonds is 4. The minimum absolute atomic E-state index is 0.0961. The van der Waals surface area contributed by atoms with Crippen molar-refractivity contribution in [2.75, 3.05) is 20.2 Å². The lowest BCUT2D eigenvalue weighted by molar-refractivity contribution is -0.0212. The number of aryl methyl sites for hydroxylation is 1. The molecule has 1 saturated carbocycles. The van der Waals surface area contributed by atoms with E-state index in [0.29, 0.717) is 13.1 Å². The molecule has 2 aliphatic rings. The molecular weight excluding hydrogens is 350 g/mol. The molecule has 2 fully saturated rings. The Bertz CT molecular complexity index is 911. The van der Waals surface area contributed by atoms with Crippen LogP contribution in [0.1, 0.15) is 25.3 Å². The zero-order valence-electron chi connectivity index (χ0n) is 15.4. The van der Waals surface area contributed by atoms with Crippen LogP contribution in [0.15, 0.2) is 47.6 Å². The van der Waals surface area contributed by atoms with Crippen molar-refractivity contribution in [3.05, 3.63) is 48.3 Å². The third-order valence-corrected chi connectivity index (χ3v) is 7.99. The van der Waals surface area contributed by atoms with E-state index in [-0.39, 0.29) is 21.8 Å². The van der Waals surface area contributed by atoms with Crippen LogP contribution in [-0.4, -0.2) is 42.7 Å². The molecule has 140 valence electrons. The number of sulfonamides is 1. The quantitative estimate of drug-likeness (QED) is 0.823. The summed E-state index contributed by atoms with van der Waals surface area (Å²) in [6.07, 6.45) is 4.65. The maximum Gasteiger partial charge on any atom is 0.246 e. The van der Waals surface area contributed by atoms with Gasteiger partial charge in [-0.1, -0.05) is 37.3 Å². The minimum atomic E-state index is -3.50. The Morgan fingerprint density at radius 1 is 1.27 bits per heavy atom. The highest BCUT2D eigenvalue weighted by Crippen LogP contribution is 2.58. The molecule has 7 heteroatoms. The maximum atomic E-state index is 13.0. The Kier molecular flexibility index (Phi) is 4.02. The molecule has 2 heterocycles. The summed E-state index contributed by atoms with van der Waals surface area (Å²) < 4.78 is 35.1. The van der Waals surface area contributed by atoms with Gasteiger partial charge in [0.15, 0.2) is 0 Å².